The fraction of sp³-hybridized carbons (Fsp3) is 0.385. The summed E-state index contributed by atoms with van der Waals surface area (Å²) in [4.78, 5) is 16.0. The third kappa shape index (κ3) is 2.30. The second-order valence-corrected chi connectivity index (χ2v) is 5.45. The Kier molecular flexibility index (Phi) is 3.37. The molecule has 100 valence electrons. The van der Waals surface area contributed by atoms with Crippen LogP contribution in [0.3, 0.4) is 0 Å². The predicted octanol–water partition coefficient (Wildman–Crippen LogP) is 2.53. The Bertz CT molecular complexity index is 638. The monoisotopic (exact) mass is 297 g/mol. The first-order valence-corrected chi connectivity index (χ1v) is 7.09. The van der Waals surface area contributed by atoms with Crippen molar-refractivity contribution in [2.24, 2.45) is 0 Å². The lowest BCUT2D eigenvalue weighted by molar-refractivity contribution is -0.119. The van der Waals surface area contributed by atoms with Crippen molar-refractivity contribution in [3.8, 4) is 0 Å². The molecule has 1 fully saturated rings. The normalized spacial score (nSPS) is 19.1. The Balaban J connectivity index is 2.15. The molecule has 1 aliphatic rings. The number of carbonyl (C=O) groups is 1. The Labute approximate surface area is 120 Å². The van der Waals surface area contributed by atoms with E-state index in [2.05, 4.69) is 14.9 Å². The smallest absolute Gasteiger partial charge is 0.222 e. The van der Waals surface area contributed by atoms with Crippen molar-refractivity contribution < 1.29 is 4.79 Å². The van der Waals surface area contributed by atoms with Crippen LogP contribution in [0.2, 0.25) is 5.02 Å². The molecule has 3 rings (SSSR count). The lowest BCUT2D eigenvalue weighted by Crippen LogP contribution is -2.17. The summed E-state index contributed by atoms with van der Waals surface area (Å²) >= 11 is 11.9. The minimum absolute atomic E-state index is 0.0747. The number of aryl methyl sites for hydroxylation is 1. The van der Waals surface area contributed by atoms with Crippen LogP contribution in [-0.2, 0) is 11.2 Å². The van der Waals surface area contributed by atoms with Crippen LogP contribution in [-0.4, -0.2) is 27.9 Å². The van der Waals surface area contributed by atoms with Gasteiger partial charge in [0.25, 0.3) is 0 Å². The number of carbonyl (C=O) groups excluding carboxylic acids is 1. The highest BCUT2D eigenvalue weighted by molar-refractivity contribution is 6.31. The van der Waals surface area contributed by atoms with Crippen LogP contribution in [0.4, 0.5) is 0 Å². The van der Waals surface area contributed by atoms with Gasteiger partial charge in [0, 0.05) is 30.3 Å². The number of hydrogen-bond acceptors (Lipinski definition) is 2. The predicted molar refractivity (Wildman–Crippen MR) is 75.8 cm³/mol. The summed E-state index contributed by atoms with van der Waals surface area (Å²) in [5, 5.41) is 3.52. The first-order valence-electron chi connectivity index (χ1n) is 6.18. The van der Waals surface area contributed by atoms with E-state index in [9.17, 15) is 4.79 Å². The molecular formula is C13H13Cl2N3O. The van der Waals surface area contributed by atoms with Crippen LogP contribution in [0, 0.1) is 0 Å². The summed E-state index contributed by atoms with van der Waals surface area (Å²) < 4.78 is 2.10. The zero-order chi connectivity index (χ0) is 13.4. The van der Waals surface area contributed by atoms with Crippen molar-refractivity contribution in [3.63, 3.8) is 0 Å². The van der Waals surface area contributed by atoms with E-state index in [4.69, 9.17) is 23.2 Å². The molecule has 1 aliphatic heterocycles. The maximum absolute atomic E-state index is 11.4. The van der Waals surface area contributed by atoms with E-state index in [0.29, 0.717) is 30.3 Å². The van der Waals surface area contributed by atoms with Gasteiger partial charge in [-0.3, -0.25) is 4.79 Å². The molecule has 2 heterocycles. The molecule has 0 bridgehead atoms. The number of halogens is 2. The van der Waals surface area contributed by atoms with Gasteiger partial charge in [0.15, 0.2) is 0 Å². The standard InChI is InChI=1S/C13H13Cl2N3O/c14-4-3-12-17-10-2-1-8(15)5-11(10)18(12)9-6-13(19)16-7-9/h1-2,5,9H,3-4,6-7H2,(H,16,19). The molecule has 0 radical (unpaired) electrons. The summed E-state index contributed by atoms with van der Waals surface area (Å²) in [6.07, 6.45) is 1.16. The third-order valence-corrected chi connectivity index (χ3v) is 3.79. The summed E-state index contributed by atoms with van der Waals surface area (Å²) in [7, 11) is 0. The molecule has 0 aliphatic carbocycles. The van der Waals surface area contributed by atoms with Crippen LogP contribution in [0.1, 0.15) is 18.3 Å². The Morgan fingerprint density at radius 2 is 2.32 bits per heavy atom. The number of rotatable bonds is 3. The molecular weight excluding hydrogens is 285 g/mol. The number of fused-ring (bicyclic) bond motifs is 1. The molecule has 1 atom stereocenters. The summed E-state index contributed by atoms with van der Waals surface area (Å²) in [5.74, 6) is 1.49. The van der Waals surface area contributed by atoms with Gasteiger partial charge in [-0.1, -0.05) is 11.6 Å². The highest BCUT2D eigenvalue weighted by Crippen LogP contribution is 2.27. The SMILES string of the molecule is O=C1CC(n2c(CCCl)nc3ccc(Cl)cc32)CN1. The highest BCUT2D eigenvalue weighted by atomic mass is 35.5. The van der Waals surface area contributed by atoms with Crippen molar-refractivity contribution in [3.05, 3.63) is 29.0 Å². The molecule has 1 aromatic heterocycles. The molecule has 19 heavy (non-hydrogen) atoms. The van der Waals surface area contributed by atoms with Crippen molar-refractivity contribution in [2.45, 2.75) is 18.9 Å². The average Bonchev–Trinajstić information content (AvgIpc) is 2.93. The van der Waals surface area contributed by atoms with Gasteiger partial charge in [0.05, 0.1) is 17.1 Å². The molecule has 1 N–H and O–H groups in total. The molecule has 1 saturated heterocycles. The molecule has 4 nitrogen and oxygen atoms in total. The average molecular weight is 298 g/mol. The summed E-state index contributed by atoms with van der Waals surface area (Å²) in [6, 6.07) is 5.71. The van der Waals surface area contributed by atoms with Crippen LogP contribution in [0.5, 0.6) is 0 Å². The minimum Gasteiger partial charge on any atom is -0.354 e. The van der Waals surface area contributed by atoms with E-state index in [-0.39, 0.29) is 11.9 Å². The number of nitrogens with one attached hydrogen (secondary N) is 1. The molecule has 2 aromatic rings. The fourth-order valence-corrected chi connectivity index (χ4v) is 2.89. The van der Waals surface area contributed by atoms with Crippen molar-refractivity contribution in [1.29, 1.82) is 0 Å². The fourth-order valence-electron chi connectivity index (χ4n) is 2.56. The number of hydrogen-bond donors (Lipinski definition) is 1. The molecule has 1 unspecified atom stereocenters. The Hall–Kier alpha value is -1.26. The molecule has 6 heteroatoms. The second kappa shape index (κ2) is 5.02. The van der Waals surface area contributed by atoms with Crippen LogP contribution >= 0.6 is 23.2 Å². The van der Waals surface area contributed by atoms with Gasteiger partial charge in [-0.25, -0.2) is 4.98 Å². The van der Waals surface area contributed by atoms with Gasteiger partial charge in [0.1, 0.15) is 5.82 Å². The summed E-state index contributed by atoms with van der Waals surface area (Å²) in [6.45, 7) is 0.631. The van der Waals surface area contributed by atoms with E-state index in [0.717, 1.165) is 16.9 Å². The maximum Gasteiger partial charge on any atom is 0.222 e. The van der Waals surface area contributed by atoms with Gasteiger partial charge in [-0.2, -0.15) is 0 Å². The number of nitrogens with zero attached hydrogens (tertiary/aromatic N) is 2. The van der Waals surface area contributed by atoms with Crippen molar-refractivity contribution >= 4 is 40.1 Å². The minimum atomic E-state index is 0.0747. The highest BCUT2D eigenvalue weighted by Gasteiger charge is 2.26. The van der Waals surface area contributed by atoms with Crippen molar-refractivity contribution in [2.75, 3.05) is 12.4 Å². The van der Waals surface area contributed by atoms with Gasteiger partial charge in [-0.15, -0.1) is 11.6 Å². The molecule has 1 aromatic carbocycles. The van der Waals surface area contributed by atoms with E-state index >= 15 is 0 Å². The largest absolute Gasteiger partial charge is 0.354 e. The molecule has 0 saturated carbocycles. The first kappa shape index (κ1) is 12.8. The van der Waals surface area contributed by atoms with Gasteiger partial charge < -0.3 is 9.88 Å². The first-order chi connectivity index (χ1) is 9.19. The van der Waals surface area contributed by atoms with E-state index < -0.39 is 0 Å². The second-order valence-electron chi connectivity index (χ2n) is 4.63. The topological polar surface area (TPSA) is 46.9 Å². The number of imidazole rings is 1. The molecule has 1 amide bonds. The number of alkyl halides is 1. The molecule has 0 spiro atoms. The third-order valence-electron chi connectivity index (χ3n) is 3.36. The zero-order valence-corrected chi connectivity index (χ0v) is 11.7. The Morgan fingerprint density at radius 3 is 3.00 bits per heavy atom. The van der Waals surface area contributed by atoms with Gasteiger partial charge in [-0.05, 0) is 18.2 Å². The van der Waals surface area contributed by atoms with Gasteiger partial charge >= 0.3 is 0 Å². The zero-order valence-electron chi connectivity index (χ0n) is 10.2. The van der Waals surface area contributed by atoms with Crippen LogP contribution in [0.25, 0.3) is 11.0 Å². The lowest BCUT2D eigenvalue weighted by Gasteiger charge is -2.14. The van der Waals surface area contributed by atoms with Crippen molar-refractivity contribution in [1.82, 2.24) is 14.9 Å². The van der Waals surface area contributed by atoms with E-state index in [1.807, 2.05) is 18.2 Å². The van der Waals surface area contributed by atoms with E-state index in [1.54, 1.807) is 0 Å². The quantitative estimate of drug-likeness (QED) is 0.885. The van der Waals surface area contributed by atoms with Crippen LogP contribution < -0.4 is 5.32 Å². The Morgan fingerprint density at radius 1 is 1.47 bits per heavy atom. The number of benzene rings is 1. The van der Waals surface area contributed by atoms with E-state index in [1.165, 1.54) is 0 Å². The summed E-state index contributed by atoms with van der Waals surface area (Å²) in [5.41, 5.74) is 1.86. The number of amides is 1. The maximum atomic E-state index is 11.4. The lowest BCUT2D eigenvalue weighted by atomic mass is 10.2. The van der Waals surface area contributed by atoms with Crippen LogP contribution in [0.15, 0.2) is 18.2 Å². The van der Waals surface area contributed by atoms with Gasteiger partial charge in [0.2, 0.25) is 5.91 Å². The number of aromatic nitrogens is 2.